The molecular weight excluding hydrogens is 276 g/mol. The molecule has 0 aliphatic heterocycles. The maximum atomic E-state index is 10.7. The molecule has 7 heteroatoms. The smallest absolute Gasteiger partial charge is 0.326 e. The Labute approximate surface area is 114 Å². The van der Waals surface area contributed by atoms with Crippen LogP contribution in [0, 0.1) is 0 Å². The van der Waals surface area contributed by atoms with Gasteiger partial charge in [-0.3, -0.25) is 4.79 Å². The van der Waals surface area contributed by atoms with Crippen LogP contribution in [0.2, 0.25) is 5.15 Å². The molecule has 0 radical (unpaired) electrons. The Morgan fingerprint density at radius 3 is 3.00 bits per heavy atom. The van der Waals surface area contributed by atoms with Crippen LogP contribution < -0.4 is 5.32 Å². The first-order chi connectivity index (χ1) is 8.63. The van der Waals surface area contributed by atoms with Crippen molar-refractivity contribution in [1.82, 2.24) is 10.3 Å². The summed E-state index contributed by atoms with van der Waals surface area (Å²) in [7, 11) is 0. The first-order valence-electron chi connectivity index (χ1n) is 5.25. The van der Waals surface area contributed by atoms with Crippen molar-refractivity contribution in [2.45, 2.75) is 18.2 Å². The normalized spacial score (nSPS) is 11.8. The lowest BCUT2D eigenvalue weighted by Gasteiger charge is -2.10. The quantitative estimate of drug-likeness (QED) is 0.431. The zero-order valence-electron chi connectivity index (χ0n) is 9.51. The number of nitrogens with zero attached hydrogens (tertiary/aromatic N) is 1. The number of rotatable bonds is 8. The molecule has 18 heavy (non-hydrogen) atoms. The average molecular weight is 289 g/mol. The molecular formula is C11H13ClN2O3S. The Bertz CT molecular complexity index is 417. The van der Waals surface area contributed by atoms with E-state index in [2.05, 4.69) is 10.3 Å². The molecule has 0 aliphatic rings. The van der Waals surface area contributed by atoms with E-state index in [1.807, 2.05) is 12.1 Å². The summed E-state index contributed by atoms with van der Waals surface area (Å²) in [6.07, 6.45) is 0.779. The molecule has 1 unspecified atom stereocenters. The number of thioether (sulfide) groups is 1. The third kappa shape index (κ3) is 5.37. The van der Waals surface area contributed by atoms with Crippen LogP contribution in [0.25, 0.3) is 0 Å². The van der Waals surface area contributed by atoms with Crippen molar-refractivity contribution in [2.75, 3.05) is 5.75 Å². The van der Waals surface area contributed by atoms with Gasteiger partial charge in [0.2, 0.25) is 6.41 Å². The Kier molecular flexibility index (Phi) is 6.53. The van der Waals surface area contributed by atoms with E-state index >= 15 is 0 Å². The van der Waals surface area contributed by atoms with Crippen molar-refractivity contribution in [1.29, 1.82) is 0 Å². The monoisotopic (exact) mass is 288 g/mol. The highest BCUT2D eigenvalue weighted by Gasteiger charge is 2.15. The van der Waals surface area contributed by atoms with Crippen LogP contribution in [0.1, 0.15) is 12.1 Å². The fourth-order valence-electron chi connectivity index (χ4n) is 1.27. The molecule has 1 aromatic heterocycles. The molecule has 0 spiro atoms. The SMILES string of the molecule is O=CNC(CCSCc1cccc(Cl)n1)C(=O)O. The van der Waals surface area contributed by atoms with Crippen LogP contribution in [-0.4, -0.2) is 34.3 Å². The molecule has 0 bridgehead atoms. The number of nitrogens with one attached hydrogen (secondary N) is 1. The lowest BCUT2D eigenvalue weighted by Crippen LogP contribution is -2.36. The minimum absolute atomic E-state index is 0.374. The van der Waals surface area contributed by atoms with Gasteiger partial charge in [0.15, 0.2) is 0 Å². The number of hydrogen-bond acceptors (Lipinski definition) is 4. The predicted octanol–water partition coefficient (Wildman–Crippen LogP) is 1.56. The van der Waals surface area contributed by atoms with E-state index < -0.39 is 12.0 Å². The number of carboxylic acids is 1. The standard InChI is InChI=1S/C11H13ClN2O3S/c12-10-3-1-2-8(14-10)6-18-5-4-9(11(16)17)13-7-15/h1-3,7,9H,4-6H2,(H,13,15)(H,16,17). The van der Waals surface area contributed by atoms with Crippen LogP contribution in [0.5, 0.6) is 0 Å². The Hall–Kier alpha value is -1.27. The van der Waals surface area contributed by atoms with E-state index in [-0.39, 0.29) is 0 Å². The molecule has 0 fully saturated rings. The van der Waals surface area contributed by atoms with E-state index in [9.17, 15) is 9.59 Å². The number of aliphatic carboxylic acids is 1. The average Bonchev–Trinajstić information content (AvgIpc) is 2.33. The Morgan fingerprint density at radius 1 is 1.61 bits per heavy atom. The summed E-state index contributed by atoms with van der Waals surface area (Å²) in [6, 6.07) is 4.54. The summed E-state index contributed by atoms with van der Waals surface area (Å²) in [5.74, 6) is 0.253. The van der Waals surface area contributed by atoms with Crippen molar-refractivity contribution in [2.24, 2.45) is 0 Å². The third-order valence-electron chi connectivity index (χ3n) is 2.14. The van der Waals surface area contributed by atoms with Gasteiger partial charge in [0.05, 0.1) is 5.69 Å². The third-order valence-corrected chi connectivity index (χ3v) is 3.38. The van der Waals surface area contributed by atoms with E-state index in [1.54, 1.807) is 17.8 Å². The molecule has 1 aromatic rings. The fraction of sp³-hybridized carbons (Fsp3) is 0.364. The largest absolute Gasteiger partial charge is 0.480 e. The number of carboxylic acid groups (broad SMARTS) is 1. The highest BCUT2D eigenvalue weighted by Crippen LogP contribution is 2.14. The van der Waals surface area contributed by atoms with E-state index in [1.165, 1.54) is 0 Å². The van der Waals surface area contributed by atoms with Crippen molar-refractivity contribution in [3.63, 3.8) is 0 Å². The number of aromatic nitrogens is 1. The van der Waals surface area contributed by atoms with Gasteiger partial charge in [0.25, 0.3) is 0 Å². The van der Waals surface area contributed by atoms with Gasteiger partial charge in [-0.1, -0.05) is 17.7 Å². The fourth-order valence-corrected chi connectivity index (χ4v) is 2.37. The van der Waals surface area contributed by atoms with Gasteiger partial charge in [-0.25, -0.2) is 9.78 Å². The molecule has 0 aromatic carbocycles. The van der Waals surface area contributed by atoms with E-state index in [0.29, 0.717) is 29.5 Å². The summed E-state index contributed by atoms with van der Waals surface area (Å²) < 4.78 is 0. The van der Waals surface area contributed by atoms with Crippen molar-refractivity contribution >= 4 is 35.7 Å². The lowest BCUT2D eigenvalue weighted by atomic mass is 10.2. The van der Waals surface area contributed by atoms with E-state index in [4.69, 9.17) is 16.7 Å². The van der Waals surface area contributed by atoms with Crippen molar-refractivity contribution in [3.8, 4) is 0 Å². The number of halogens is 1. The molecule has 1 atom stereocenters. The molecule has 0 saturated carbocycles. The van der Waals surface area contributed by atoms with Crippen LogP contribution in [0.3, 0.4) is 0 Å². The van der Waals surface area contributed by atoms with Crippen LogP contribution >= 0.6 is 23.4 Å². The summed E-state index contributed by atoms with van der Waals surface area (Å²) in [4.78, 5) is 25.1. The molecule has 1 heterocycles. The minimum atomic E-state index is -1.02. The first-order valence-corrected chi connectivity index (χ1v) is 6.78. The highest BCUT2D eigenvalue weighted by molar-refractivity contribution is 7.98. The molecule has 2 N–H and O–H groups in total. The van der Waals surface area contributed by atoms with Crippen molar-refractivity contribution < 1.29 is 14.7 Å². The number of carbonyl (C=O) groups is 2. The van der Waals surface area contributed by atoms with Crippen LogP contribution in [0.15, 0.2) is 18.2 Å². The molecule has 1 amide bonds. The van der Waals surface area contributed by atoms with Gasteiger partial charge < -0.3 is 10.4 Å². The summed E-state index contributed by atoms with van der Waals surface area (Å²) in [6.45, 7) is 0. The summed E-state index contributed by atoms with van der Waals surface area (Å²) >= 11 is 7.29. The number of hydrogen-bond donors (Lipinski definition) is 2. The predicted molar refractivity (Wildman–Crippen MR) is 70.6 cm³/mol. The lowest BCUT2D eigenvalue weighted by molar-refractivity contribution is -0.140. The molecule has 5 nitrogen and oxygen atoms in total. The zero-order chi connectivity index (χ0) is 13.4. The zero-order valence-corrected chi connectivity index (χ0v) is 11.1. The van der Waals surface area contributed by atoms with Gasteiger partial charge in [0, 0.05) is 5.75 Å². The second-order valence-corrected chi connectivity index (χ2v) is 4.96. The summed E-state index contributed by atoms with van der Waals surface area (Å²) in [5, 5.41) is 11.5. The number of amides is 1. The van der Waals surface area contributed by atoms with E-state index in [0.717, 1.165) is 5.69 Å². The van der Waals surface area contributed by atoms with Crippen LogP contribution in [-0.2, 0) is 15.3 Å². The van der Waals surface area contributed by atoms with Crippen LogP contribution in [0.4, 0.5) is 0 Å². The second-order valence-electron chi connectivity index (χ2n) is 3.47. The maximum absolute atomic E-state index is 10.7. The topological polar surface area (TPSA) is 79.3 Å². The van der Waals surface area contributed by atoms with Gasteiger partial charge >= 0.3 is 5.97 Å². The first kappa shape index (κ1) is 14.8. The number of pyridine rings is 1. The molecule has 1 rings (SSSR count). The summed E-state index contributed by atoms with van der Waals surface area (Å²) in [5.41, 5.74) is 0.850. The minimum Gasteiger partial charge on any atom is -0.480 e. The van der Waals surface area contributed by atoms with Gasteiger partial charge in [-0.15, -0.1) is 0 Å². The Balaban J connectivity index is 2.29. The highest BCUT2D eigenvalue weighted by atomic mass is 35.5. The Morgan fingerprint density at radius 2 is 2.39 bits per heavy atom. The molecule has 0 saturated heterocycles. The second kappa shape index (κ2) is 7.94. The maximum Gasteiger partial charge on any atom is 0.326 e. The number of carbonyl (C=O) groups excluding carboxylic acids is 1. The van der Waals surface area contributed by atoms with Gasteiger partial charge in [-0.2, -0.15) is 11.8 Å². The van der Waals surface area contributed by atoms with Gasteiger partial charge in [0.1, 0.15) is 11.2 Å². The van der Waals surface area contributed by atoms with Gasteiger partial charge in [-0.05, 0) is 24.3 Å². The molecule has 0 aliphatic carbocycles. The molecule has 98 valence electrons. The van der Waals surface area contributed by atoms with Crippen molar-refractivity contribution in [3.05, 3.63) is 29.0 Å².